The summed E-state index contributed by atoms with van der Waals surface area (Å²) in [5.74, 6) is 1.17. The minimum Gasteiger partial charge on any atom is -0.393 e. The molecule has 0 aromatic heterocycles. The Labute approximate surface area is 75.5 Å². The first kappa shape index (κ1) is 9.79. The van der Waals surface area contributed by atoms with Gasteiger partial charge in [0, 0.05) is 0 Å². The van der Waals surface area contributed by atoms with Gasteiger partial charge < -0.3 is 5.11 Å². The molecule has 70 valence electrons. The zero-order valence-corrected chi connectivity index (χ0v) is 8.16. The van der Waals surface area contributed by atoms with E-state index in [2.05, 4.69) is 26.0 Å². The molecule has 3 atom stereocenters. The van der Waals surface area contributed by atoms with Crippen LogP contribution in [0.1, 0.15) is 39.5 Å². The molecule has 1 N–H and O–H groups in total. The first-order chi connectivity index (χ1) is 5.75. The van der Waals surface area contributed by atoms with E-state index >= 15 is 0 Å². The fraction of sp³-hybridized carbons (Fsp3) is 0.818. The highest BCUT2D eigenvalue weighted by Crippen LogP contribution is 2.29. The smallest absolute Gasteiger partial charge is 0.0573 e. The number of hydrogen-bond donors (Lipinski definition) is 1. The highest BCUT2D eigenvalue weighted by atomic mass is 16.3. The van der Waals surface area contributed by atoms with Crippen LogP contribution in [0.5, 0.6) is 0 Å². The van der Waals surface area contributed by atoms with Crippen LogP contribution >= 0.6 is 0 Å². The van der Waals surface area contributed by atoms with Crippen LogP contribution in [0.2, 0.25) is 0 Å². The molecule has 0 heterocycles. The maximum absolute atomic E-state index is 9.81. The average Bonchev–Trinajstić information content (AvgIpc) is 2.05. The van der Waals surface area contributed by atoms with Gasteiger partial charge >= 0.3 is 0 Å². The third-order valence-electron chi connectivity index (χ3n) is 2.89. The van der Waals surface area contributed by atoms with Crippen molar-refractivity contribution in [3.8, 4) is 0 Å². The third kappa shape index (κ3) is 2.34. The van der Waals surface area contributed by atoms with Crippen molar-refractivity contribution in [3.05, 3.63) is 12.2 Å². The van der Waals surface area contributed by atoms with E-state index < -0.39 is 0 Å². The molecule has 1 rings (SSSR count). The fourth-order valence-corrected chi connectivity index (χ4v) is 2.02. The SMILES string of the molecule is CCCC(O)C1CC=CCC1C. The van der Waals surface area contributed by atoms with Crippen LogP contribution in [0.4, 0.5) is 0 Å². The van der Waals surface area contributed by atoms with E-state index in [9.17, 15) is 5.11 Å². The Morgan fingerprint density at radius 2 is 2.08 bits per heavy atom. The van der Waals surface area contributed by atoms with E-state index in [-0.39, 0.29) is 6.10 Å². The molecule has 1 aliphatic carbocycles. The van der Waals surface area contributed by atoms with Crippen LogP contribution in [0.3, 0.4) is 0 Å². The molecule has 3 unspecified atom stereocenters. The molecule has 0 aromatic carbocycles. The summed E-state index contributed by atoms with van der Waals surface area (Å²) < 4.78 is 0. The van der Waals surface area contributed by atoms with Gasteiger partial charge in [-0.2, -0.15) is 0 Å². The normalized spacial score (nSPS) is 31.9. The Bertz CT molecular complexity index is 151. The van der Waals surface area contributed by atoms with Gasteiger partial charge in [0.15, 0.2) is 0 Å². The van der Waals surface area contributed by atoms with Gasteiger partial charge in [0.25, 0.3) is 0 Å². The zero-order valence-electron chi connectivity index (χ0n) is 8.16. The first-order valence-corrected chi connectivity index (χ1v) is 5.08. The lowest BCUT2D eigenvalue weighted by Gasteiger charge is -2.29. The maximum Gasteiger partial charge on any atom is 0.0573 e. The molecule has 1 nitrogen and oxygen atoms in total. The number of allylic oxidation sites excluding steroid dienone is 2. The van der Waals surface area contributed by atoms with E-state index in [1.807, 2.05) is 0 Å². The van der Waals surface area contributed by atoms with Gasteiger partial charge in [0.2, 0.25) is 0 Å². The lowest BCUT2D eigenvalue weighted by Crippen LogP contribution is -2.27. The number of rotatable bonds is 3. The van der Waals surface area contributed by atoms with Crippen molar-refractivity contribution in [1.82, 2.24) is 0 Å². The Balaban J connectivity index is 2.43. The summed E-state index contributed by atoms with van der Waals surface area (Å²) in [6.45, 7) is 4.37. The predicted octanol–water partition coefficient (Wildman–Crippen LogP) is 2.75. The standard InChI is InChI=1S/C11H20O/c1-3-6-11(12)10-8-5-4-7-9(10)2/h4-5,9-12H,3,6-8H2,1-2H3. The summed E-state index contributed by atoms with van der Waals surface area (Å²) in [7, 11) is 0. The van der Waals surface area contributed by atoms with Crippen molar-refractivity contribution >= 4 is 0 Å². The third-order valence-corrected chi connectivity index (χ3v) is 2.89. The van der Waals surface area contributed by atoms with Crippen LogP contribution in [0, 0.1) is 11.8 Å². The van der Waals surface area contributed by atoms with Gasteiger partial charge in [-0.15, -0.1) is 0 Å². The minimum absolute atomic E-state index is 0.0741. The Morgan fingerprint density at radius 1 is 1.42 bits per heavy atom. The van der Waals surface area contributed by atoms with Crippen molar-refractivity contribution in [2.45, 2.75) is 45.6 Å². The van der Waals surface area contributed by atoms with Gasteiger partial charge in [-0.1, -0.05) is 32.4 Å². The van der Waals surface area contributed by atoms with Crippen LogP contribution in [-0.2, 0) is 0 Å². The fourth-order valence-electron chi connectivity index (χ4n) is 2.02. The van der Waals surface area contributed by atoms with Gasteiger partial charge in [-0.25, -0.2) is 0 Å². The molecule has 1 aliphatic rings. The first-order valence-electron chi connectivity index (χ1n) is 5.08. The monoisotopic (exact) mass is 168 g/mol. The van der Waals surface area contributed by atoms with E-state index in [4.69, 9.17) is 0 Å². The molecule has 0 aromatic rings. The predicted molar refractivity (Wildman–Crippen MR) is 51.9 cm³/mol. The molecule has 0 saturated heterocycles. The molecule has 12 heavy (non-hydrogen) atoms. The lowest BCUT2D eigenvalue weighted by atomic mass is 9.79. The molecule has 0 aliphatic heterocycles. The number of aliphatic hydroxyl groups excluding tert-OH is 1. The van der Waals surface area contributed by atoms with Gasteiger partial charge in [-0.05, 0) is 31.1 Å². The molecular weight excluding hydrogens is 148 g/mol. The largest absolute Gasteiger partial charge is 0.393 e. The van der Waals surface area contributed by atoms with Crippen molar-refractivity contribution in [2.75, 3.05) is 0 Å². The summed E-state index contributed by atoms with van der Waals surface area (Å²) in [5, 5.41) is 9.81. The zero-order chi connectivity index (χ0) is 8.97. The highest BCUT2D eigenvalue weighted by Gasteiger charge is 2.24. The van der Waals surface area contributed by atoms with Gasteiger partial charge in [0.05, 0.1) is 6.10 Å². The molecular formula is C11H20O. The summed E-state index contributed by atoms with van der Waals surface area (Å²) in [6, 6.07) is 0. The summed E-state index contributed by atoms with van der Waals surface area (Å²) in [5.41, 5.74) is 0. The van der Waals surface area contributed by atoms with E-state index in [0.717, 1.165) is 25.7 Å². The van der Waals surface area contributed by atoms with Crippen LogP contribution in [0.25, 0.3) is 0 Å². The topological polar surface area (TPSA) is 20.2 Å². The van der Waals surface area contributed by atoms with E-state index in [1.165, 1.54) is 0 Å². The molecule has 0 amide bonds. The van der Waals surface area contributed by atoms with Crippen molar-refractivity contribution in [1.29, 1.82) is 0 Å². The quantitative estimate of drug-likeness (QED) is 0.642. The Morgan fingerprint density at radius 3 is 2.67 bits per heavy atom. The Kier molecular flexibility index (Phi) is 3.80. The van der Waals surface area contributed by atoms with Crippen LogP contribution in [-0.4, -0.2) is 11.2 Å². The molecule has 0 radical (unpaired) electrons. The van der Waals surface area contributed by atoms with Gasteiger partial charge in [0.1, 0.15) is 0 Å². The summed E-state index contributed by atoms with van der Waals surface area (Å²) >= 11 is 0. The molecule has 0 fully saturated rings. The second-order valence-corrected chi connectivity index (χ2v) is 3.94. The van der Waals surface area contributed by atoms with Gasteiger partial charge in [-0.3, -0.25) is 0 Å². The highest BCUT2D eigenvalue weighted by molar-refractivity contribution is 4.95. The van der Waals surface area contributed by atoms with Crippen LogP contribution < -0.4 is 0 Å². The van der Waals surface area contributed by atoms with E-state index in [0.29, 0.717) is 11.8 Å². The Hall–Kier alpha value is -0.300. The van der Waals surface area contributed by atoms with Crippen molar-refractivity contribution in [3.63, 3.8) is 0 Å². The summed E-state index contributed by atoms with van der Waals surface area (Å²) in [6.07, 6.45) is 8.64. The minimum atomic E-state index is -0.0741. The molecule has 0 bridgehead atoms. The number of aliphatic hydroxyl groups is 1. The summed E-state index contributed by atoms with van der Waals surface area (Å²) in [4.78, 5) is 0. The molecule has 0 spiro atoms. The maximum atomic E-state index is 9.81. The number of hydrogen-bond acceptors (Lipinski definition) is 1. The second kappa shape index (κ2) is 4.66. The molecule has 0 saturated carbocycles. The van der Waals surface area contributed by atoms with Crippen LogP contribution in [0.15, 0.2) is 12.2 Å². The lowest BCUT2D eigenvalue weighted by molar-refractivity contribution is 0.0677. The van der Waals surface area contributed by atoms with Crippen molar-refractivity contribution in [2.24, 2.45) is 11.8 Å². The van der Waals surface area contributed by atoms with Crippen molar-refractivity contribution < 1.29 is 5.11 Å². The van der Waals surface area contributed by atoms with E-state index in [1.54, 1.807) is 0 Å². The second-order valence-electron chi connectivity index (χ2n) is 3.94. The average molecular weight is 168 g/mol. The molecule has 1 heteroatoms.